The van der Waals surface area contributed by atoms with Crippen molar-refractivity contribution in [1.29, 1.82) is 0 Å². The van der Waals surface area contributed by atoms with Gasteiger partial charge >= 0.3 is 0 Å². The lowest BCUT2D eigenvalue weighted by Crippen LogP contribution is -2.23. The van der Waals surface area contributed by atoms with Crippen molar-refractivity contribution >= 4 is 23.2 Å². The van der Waals surface area contributed by atoms with Crippen molar-refractivity contribution in [3.63, 3.8) is 0 Å². The number of nitro benzene ring substituents is 1. The molecule has 0 aromatic heterocycles. The van der Waals surface area contributed by atoms with Gasteiger partial charge in [0, 0.05) is 17.6 Å². The second-order valence-electron chi connectivity index (χ2n) is 4.59. The largest absolute Gasteiger partial charge is 0.348 e. The molecule has 0 radical (unpaired) electrons. The zero-order valence-corrected chi connectivity index (χ0v) is 12.1. The monoisotopic (exact) mass is 304 g/mol. The maximum atomic E-state index is 12.1. The Morgan fingerprint density at radius 2 is 2.05 bits per heavy atom. The molecule has 5 nitrogen and oxygen atoms in total. The van der Waals surface area contributed by atoms with Crippen LogP contribution in [0.15, 0.2) is 42.5 Å². The van der Waals surface area contributed by atoms with Gasteiger partial charge in [0.1, 0.15) is 5.56 Å². The molecule has 1 N–H and O–H groups in total. The number of carbonyl (C=O) groups is 1. The standard InChI is InChI=1S/C15H13ClN2O3/c1-10-3-2-4-11(7-10)9-17-15(19)13-6-5-12(16)8-14(13)18(20)21/h2-8H,9H2,1H3,(H,17,19). The second-order valence-corrected chi connectivity index (χ2v) is 5.03. The van der Waals surface area contributed by atoms with E-state index in [1.54, 1.807) is 0 Å². The lowest BCUT2D eigenvalue weighted by molar-refractivity contribution is -0.385. The molecule has 2 aromatic carbocycles. The zero-order chi connectivity index (χ0) is 15.4. The number of hydrogen-bond acceptors (Lipinski definition) is 3. The van der Waals surface area contributed by atoms with E-state index in [9.17, 15) is 14.9 Å². The summed E-state index contributed by atoms with van der Waals surface area (Å²) in [4.78, 5) is 22.4. The number of halogens is 1. The Morgan fingerprint density at radius 3 is 2.71 bits per heavy atom. The predicted molar refractivity (Wildman–Crippen MR) is 80.5 cm³/mol. The van der Waals surface area contributed by atoms with E-state index in [-0.39, 0.29) is 16.3 Å². The average Bonchev–Trinajstić information content (AvgIpc) is 2.44. The molecule has 21 heavy (non-hydrogen) atoms. The predicted octanol–water partition coefficient (Wildman–Crippen LogP) is 3.49. The average molecular weight is 305 g/mol. The Bertz CT molecular complexity index is 701. The molecule has 108 valence electrons. The maximum absolute atomic E-state index is 12.1. The van der Waals surface area contributed by atoms with Crippen molar-refractivity contribution < 1.29 is 9.72 Å². The first-order valence-electron chi connectivity index (χ1n) is 6.25. The van der Waals surface area contributed by atoms with Crippen LogP contribution in [0.2, 0.25) is 5.02 Å². The topological polar surface area (TPSA) is 72.2 Å². The molecule has 0 saturated heterocycles. The summed E-state index contributed by atoms with van der Waals surface area (Å²) in [5.41, 5.74) is 1.71. The summed E-state index contributed by atoms with van der Waals surface area (Å²) >= 11 is 5.72. The molecule has 0 fully saturated rings. The highest BCUT2D eigenvalue weighted by Crippen LogP contribution is 2.23. The van der Waals surface area contributed by atoms with Crippen LogP contribution in [0, 0.1) is 17.0 Å². The minimum Gasteiger partial charge on any atom is -0.348 e. The van der Waals surface area contributed by atoms with Crippen LogP contribution in [-0.4, -0.2) is 10.8 Å². The van der Waals surface area contributed by atoms with Crippen LogP contribution >= 0.6 is 11.6 Å². The smallest absolute Gasteiger partial charge is 0.283 e. The number of nitrogens with zero attached hydrogens (tertiary/aromatic N) is 1. The number of nitro groups is 1. The van der Waals surface area contributed by atoms with E-state index < -0.39 is 10.8 Å². The highest BCUT2D eigenvalue weighted by atomic mass is 35.5. The van der Waals surface area contributed by atoms with Gasteiger partial charge in [-0.3, -0.25) is 14.9 Å². The molecule has 0 spiro atoms. The van der Waals surface area contributed by atoms with Gasteiger partial charge in [-0.05, 0) is 24.6 Å². The summed E-state index contributed by atoms with van der Waals surface area (Å²) in [6, 6.07) is 11.6. The Balaban J connectivity index is 2.15. The number of hydrogen-bond donors (Lipinski definition) is 1. The van der Waals surface area contributed by atoms with E-state index in [0.717, 1.165) is 11.1 Å². The van der Waals surface area contributed by atoms with Crippen molar-refractivity contribution in [2.45, 2.75) is 13.5 Å². The summed E-state index contributed by atoms with van der Waals surface area (Å²) in [7, 11) is 0. The van der Waals surface area contributed by atoms with Gasteiger partial charge in [0.25, 0.3) is 11.6 Å². The van der Waals surface area contributed by atoms with Gasteiger partial charge < -0.3 is 5.32 Å². The molecule has 6 heteroatoms. The van der Waals surface area contributed by atoms with Crippen LogP contribution in [0.25, 0.3) is 0 Å². The van der Waals surface area contributed by atoms with E-state index in [1.165, 1.54) is 18.2 Å². The number of rotatable bonds is 4. The fraction of sp³-hybridized carbons (Fsp3) is 0.133. The van der Waals surface area contributed by atoms with Gasteiger partial charge in [-0.15, -0.1) is 0 Å². The molecule has 0 atom stereocenters. The Kier molecular flexibility index (Phi) is 4.55. The van der Waals surface area contributed by atoms with Crippen LogP contribution in [0.5, 0.6) is 0 Å². The van der Waals surface area contributed by atoms with Crippen LogP contribution in [0.4, 0.5) is 5.69 Å². The van der Waals surface area contributed by atoms with E-state index in [0.29, 0.717) is 6.54 Å². The second kappa shape index (κ2) is 6.37. The summed E-state index contributed by atoms with van der Waals surface area (Å²) in [6.07, 6.45) is 0. The van der Waals surface area contributed by atoms with E-state index >= 15 is 0 Å². The first-order valence-corrected chi connectivity index (χ1v) is 6.63. The molecule has 1 amide bonds. The lowest BCUT2D eigenvalue weighted by atomic mass is 10.1. The molecule has 0 saturated carbocycles. The summed E-state index contributed by atoms with van der Waals surface area (Å²) < 4.78 is 0. The molecule has 0 aliphatic carbocycles. The molecule has 0 aliphatic rings. The Morgan fingerprint density at radius 1 is 1.29 bits per heavy atom. The summed E-state index contributed by atoms with van der Waals surface area (Å²) in [5.74, 6) is -0.500. The van der Waals surface area contributed by atoms with Gasteiger partial charge in [0.15, 0.2) is 0 Å². The molecule has 0 heterocycles. The molecule has 2 rings (SSSR count). The third-order valence-corrected chi connectivity index (χ3v) is 3.17. The Labute approximate surface area is 126 Å². The van der Waals surface area contributed by atoms with E-state index in [1.807, 2.05) is 31.2 Å². The fourth-order valence-corrected chi connectivity index (χ4v) is 2.11. The highest BCUT2D eigenvalue weighted by molar-refractivity contribution is 6.31. The lowest BCUT2D eigenvalue weighted by Gasteiger charge is -2.07. The van der Waals surface area contributed by atoms with Gasteiger partial charge in [0.2, 0.25) is 0 Å². The number of amides is 1. The third-order valence-electron chi connectivity index (χ3n) is 2.94. The molecule has 0 unspecified atom stereocenters. The van der Waals surface area contributed by atoms with Gasteiger partial charge in [-0.25, -0.2) is 0 Å². The SMILES string of the molecule is Cc1cccc(CNC(=O)c2ccc(Cl)cc2[N+](=O)[O-])c1. The number of benzene rings is 2. The summed E-state index contributed by atoms with van der Waals surface area (Å²) in [6.45, 7) is 2.26. The minimum atomic E-state index is -0.618. The normalized spacial score (nSPS) is 10.2. The zero-order valence-electron chi connectivity index (χ0n) is 11.3. The van der Waals surface area contributed by atoms with Crippen molar-refractivity contribution in [3.8, 4) is 0 Å². The molecule has 0 aliphatic heterocycles. The van der Waals surface area contributed by atoms with Gasteiger partial charge in [-0.2, -0.15) is 0 Å². The molecular weight excluding hydrogens is 292 g/mol. The minimum absolute atomic E-state index is 0.00273. The highest BCUT2D eigenvalue weighted by Gasteiger charge is 2.20. The molecule has 2 aromatic rings. The van der Waals surface area contributed by atoms with E-state index in [2.05, 4.69) is 5.32 Å². The van der Waals surface area contributed by atoms with Crippen molar-refractivity contribution in [2.24, 2.45) is 0 Å². The van der Waals surface area contributed by atoms with Crippen LogP contribution in [-0.2, 0) is 6.54 Å². The first-order chi connectivity index (χ1) is 9.97. The van der Waals surface area contributed by atoms with Crippen molar-refractivity contribution in [2.75, 3.05) is 0 Å². The van der Waals surface area contributed by atoms with Gasteiger partial charge in [0.05, 0.1) is 4.92 Å². The maximum Gasteiger partial charge on any atom is 0.283 e. The number of aryl methyl sites for hydroxylation is 1. The van der Waals surface area contributed by atoms with Crippen LogP contribution in [0.1, 0.15) is 21.5 Å². The van der Waals surface area contributed by atoms with Crippen LogP contribution < -0.4 is 5.32 Å². The fourth-order valence-electron chi connectivity index (χ4n) is 1.95. The summed E-state index contributed by atoms with van der Waals surface area (Å²) in [5, 5.41) is 13.9. The first kappa shape index (κ1) is 15.0. The number of carbonyl (C=O) groups excluding carboxylic acids is 1. The van der Waals surface area contributed by atoms with Crippen molar-refractivity contribution in [1.82, 2.24) is 5.32 Å². The van der Waals surface area contributed by atoms with Crippen molar-refractivity contribution in [3.05, 3.63) is 74.3 Å². The number of nitrogens with one attached hydrogen (secondary N) is 1. The van der Waals surface area contributed by atoms with E-state index in [4.69, 9.17) is 11.6 Å². The van der Waals surface area contributed by atoms with Gasteiger partial charge in [-0.1, -0.05) is 41.4 Å². The quantitative estimate of drug-likeness (QED) is 0.694. The third kappa shape index (κ3) is 3.79. The molecular formula is C15H13ClN2O3. The Hall–Kier alpha value is -2.40. The van der Waals surface area contributed by atoms with Crippen LogP contribution in [0.3, 0.4) is 0 Å². The molecule has 0 bridgehead atoms.